The molecular formula is C16H37N2NaO5S. The Labute approximate surface area is 177 Å². The molecule has 7 nitrogen and oxygen atoms in total. The summed E-state index contributed by atoms with van der Waals surface area (Å²) in [5.41, 5.74) is 0. The quantitative estimate of drug-likeness (QED) is 0.108. The topological polar surface area (TPSA) is 99.1 Å². The van der Waals surface area contributed by atoms with Crippen molar-refractivity contribution in [1.29, 1.82) is 0 Å². The third-order valence-corrected chi connectivity index (χ3v) is 2.84. The van der Waals surface area contributed by atoms with E-state index in [9.17, 15) is 8.42 Å². The average Bonchev–Trinajstić information content (AvgIpc) is 2.46. The molecule has 0 aromatic heterocycles. The Morgan fingerprint density at radius 2 is 1.68 bits per heavy atom. The molecular weight excluding hydrogens is 355 g/mol. The van der Waals surface area contributed by atoms with E-state index in [-0.39, 0.29) is 36.2 Å². The van der Waals surface area contributed by atoms with Gasteiger partial charge in [0.2, 0.25) is 0 Å². The summed E-state index contributed by atoms with van der Waals surface area (Å²) in [7, 11) is -1.11. The van der Waals surface area contributed by atoms with Crippen LogP contribution in [0.1, 0.15) is 51.9 Å². The molecule has 0 aliphatic rings. The van der Waals surface area contributed by atoms with Crippen LogP contribution in [0.25, 0.3) is 0 Å². The summed E-state index contributed by atoms with van der Waals surface area (Å²) in [5, 5.41) is 12.0. The van der Waals surface area contributed by atoms with Crippen LogP contribution in [0.4, 0.5) is 0 Å². The van der Waals surface area contributed by atoms with Crippen molar-refractivity contribution >= 4 is 10.4 Å². The summed E-state index contributed by atoms with van der Waals surface area (Å²) in [6.45, 7) is 11.3. The molecule has 0 rings (SSSR count). The molecule has 0 bridgehead atoms. The summed E-state index contributed by atoms with van der Waals surface area (Å²) < 4.78 is 32.6. The summed E-state index contributed by atoms with van der Waals surface area (Å²) in [4.78, 5) is 0. The Hall–Kier alpha value is 0.490. The molecule has 0 aromatic rings. The van der Waals surface area contributed by atoms with Gasteiger partial charge in [-0.3, -0.25) is 4.55 Å². The van der Waals surface area contributed by atoms with Crippen LogP contribution in [0.2, 0.25) is 0 Å². The zero-order valence-corrected chi connectivity index (χ0v) is 19.4. The van der Waals surface area contributed by atoms with Crippen molar-refractivity contribution in [2.24, 2.45) is 0 Å². The van der Waals surface area contributed by atoms with Gasteiger partial charge in [0.05, 0.1) is 6.61 Å². The SMILES string of the molecule is C=CCNCC[CH2-].CCCCCCCCOS(=O)(=O)O.CN(C)O.[Na+]. The number of rotatable bonds is 12. The summed E-state index contributed by atoms with van der Waals surface area (Å²) in [6.07, 6.45) is 9.13. The largest absolute Gasteiger partial charge is 1.00 e. The molecule has 148 valence electrons. The van der Waals surface area contributed by atoms with E-state index < -0.39 is 10.4 Å². The van der Waals surface area contributed by atoms with E-state index in [4.69, 9.17) is 9.76 Å². The minimum atomic E-state index is -4.22. The number of unbranched alkanes of at least 4 members (excludes halogenated alkanes) is 5. The van der Waals surface area contributed by atoms with Crippen LogP contribution in [0, 0.1) is 6.92 Å². The summed E-state index contributed by atoms with van der Waals surface area (Å²) in [6, 6.07) is 0. The van der Waals surface area contributed by atoms with Crippen LogP contribution in [-0.2, 0) is 14.6 Å². The smallest absolute Gasteiger partial charge is 0.342 e. The monoisotopic (exact) mass is 392 g/mol. The summed E-state index contributed by atoms with van der Waals surface area (Å²) in [5.74, 6) is 0. The fourth-order valence-electron chi connectivity index (χ4n) is 1.38. The van der Waals surface area contributed by atoms with Gasteiger partial charge in [-0.1, -0.05) is 45.1 Å². The molecule has 0 radical (unpaired) electrons. The fourth-order valence-corrected chi connectivity index (χ4v) is 1.70. The zero-order chi connectivity index (χ0) is 19.3. The molecule has 9 heteroatoms. The Balaban J connectivity index is -0.000000155. The van der Waals surface area contributed by atoms with Crippen LogP contribution >= 0.6 is 0 Å². The third kappa shape index (κ3) is 59.0. The minimum absolute atomic E-state index is 0. The number of hydrogen-bond acceptors (Lipinski definition) is 6. The van der Waals surface area contributed by atoms with Gasteiger partial charge in [-0.05, 0) is 13.0 Å². The number of hydroxylamine groups is 2. The van der Waals surface area contributed by atoms with Gasteiger partial charge in [0.15, 0.2) is 0 Å². The van der Waals surface area contributed by atoms with Crippen molar-refractivity contribution in [2.75, 3.05) is 33.8 Å². The predicted octanol–water partition coefficient (Wildman–Crippen LogP) is 0.0937. The first-order chi connectivity index (χ1) is 11.2. The molecule has 25 heavy (non-hydrogen) atoms. The van der Waals surface area contributed by atoms with Crippen molar-refractivity contribution in [3.8, 4) is 0 Å². The van der Waals surface area contributed by atoms with Crippen LogP contribution < -0.4 is 34.9 Å². The maximum atomic E-state index is 10.1. The molecule has 0 aromatic carbocycles. The van der Waals surface area contributed by atoms with E-state index in [1.54, 1.807) is 14.1 Å². The van der Waals surface area contributed by atoms with Gasteiger partial charge in [-0.15, -0.1) is 6.58 Å². The van der Waals surface area contributed by atoms with E-state index in [0.29, 0.717) is 6.42 Å². The van der Waals surface area contributed by atoms with E-state index in [1.165, 1.54) is 19.3 Å². The first-order valence-electron chi connectivity index (χ1n) is 8.30. The molecule has 0 heterocycles. The zero-order valence-electron chi connectivity index (χ0n) is 16.5. The molecule has 0 aliphatic carbocycles. The van der Waals surface area contributed by atoms with Crippen molar-refractivity contribution < 1.29 is 51.9 Å². The van der Waals surface area contributed by atoms with Crippen molar-refractivity contribution in [3.05, 3.63) is 19.6 Å². The molecule has 3 N–H and O–H groups in total. The van der Waals surface area contributed by atoms with Gasteiger partial charge in [0.1, 0.15) is 0 Å². The first kappa shape index (κ1) is 33.1. The Morgan fingerprint density at radius 3 is 2.08 bits per heavy atom. The normalized spacial score (nSPS) is 10.0. The van der Waals surface area contributed by atoms with E-state index in [1.807, 2.05) is 6.08 Å². The first-order valence-corrected chi connectivity index (χ1v) is 9.66. The second kappa shape index (κ2) is 26.7. The number of hydrogen-bond donors (Lipinski definition) is 3. The van der Waals surface area contributed by atoms with Gasteiger partial charge >= 0.3 is 40.0 Å². The van der Waals surface area contributed by atoms with E-state index >= 15 is 0 Å². The van der Waals surface area contributed by atoms with Crippen molar-refractivity contribution in [2.45, 2.75) is 51.9 Å². The Morgan fingerprint density at radius 1 is 1.20 bits per heavy atom. The van der Waals surface area contributed by atoms with Crippen molar-refractivity contribution in [1.82, 2.24) is 10.4 Å². The molecule has 0 fully saturated rings. The molecule has 0 spiro atoms. The molecule has 0 unspecified atom stereocenters. The number of nitrogens with zero attached hydrogens (tertiary/aromatic N) is 1. The Bertz CT molecular complexity index is 339. The van der Waals surface area contributed by atoms with Crippen LogP contribution in [0.3, 0.4) is 0 Å². The van der Waals surface area contributed by atoms with Crippen LogP contribution in [0.15, 0.2) is 12.7 Å². The second-order valence-corrected chi connectivity index (χ2v) is 6.30. The van der Waals surface area contributed by atoms with E-state index in [0.717, 1.165) is 37.4 Å². The predicted molar refractivity (Wildman–Crippen MR) is 99.4 cm³/mol. The van der Waals surface area contributed by atoms with Gasteiger partial charge in [-0.25, -0.2) is 4.18 Å². The van der Waals surface area contributed by atoms with Gasteiger partial charge in [0.25, 0.3) is 0 Å². The minimum Gasteiger partial charge on any atom is -0.342 e. The molecule has 0 aliphatic heterocycles. The standard InChI is InChI=1S/C8H18O4S.C6H12N.C2H7NO.Na/c1-2-3-4-5-6-7-8-12-13(9,10)11;1-3-5-7-6-4-2;1-3(2)4;/h2-8H2,1H3,(H,9,10,11);3,7H,1-2,4-6H2;4H,1-2H3;/q;-1;;+1. The maximum Gasteiger partial charge on any atom is 1.00 e. The van der Waals surface area contributed by atoms with Crippen LogP contribution in [0.5, 0.6) is 0 Å². The van der Waals surface area contributed by atoms with Gasteiger partial charge in [-0.2, -0.15) is 19.9 Å². The maximum absolute atomic E-state index is 10.1. The molecule has 0 saturated heterocycles. The third-order valence-electron chi connectivity index (χ3n) is 2.37. The fraction of sp³-hybridized carbons (Fsp3) is 0.812. The summed E-state index contributed by atoms with van der Waals surface area (Å²) >= 11 is 0. The molecule has 0 amide bonds. The van der Waals surface area contributed by atoms with Gasteiger partial charge in [0, 0.05) is 20.6 Å². The van der Waals surface area contributed by atoms with Crippen molar-refractivity contribution in [3.63, 3.8) is 0 Å². The Kier molecular flexibility index (Phi) is 35.4. The molecule has 0 saturated carbocycles. The molecule has 0 atom stereocenters. The average molecular weight is 393 g/mol. The van der Waals surface area contributed by atoms with E-state index in [2.05, 4.69) is 29.9 Å². The number of nitrogens with one attached hydrogen (secondary N) is 1. The second-order valence-electron chi connectivity index (χ2n) is 5.21. The van der Waals surface area contributed by atoms with Gasteiger partial charge < -0.3 is 17.4 Å². The van der Waals surface area contributed by atoms with Crippen LogP contribution in [-0.4, -0.2) is 57.0 Å².